The molecule has 0 spiro atoms. The number of hydrogen-bond donors (Lipinski definition) is 1. The smallest absolute Gasteiger partial charge is 0.340 e. The maximum absolute atomic E-state index is 13.1. The summed E-state index contributed by atoms with van der Waals surface area (Å²) in [6.07, 6.45) is 1.41. The fourth-order valence-corrected chi connectivity index (χ4v) is 1.38. The predicted molar refractivity (Wildman–Crippen MR) is 52.0 cm³/mol. The largest absolute Gasteiger partial charge is 0.462 e. The van der Waals surface area contributed by atoms with Gasteiger partial charge in [-0.25, -0.2) is 14.2 Å². The Kier molecular flexibility index (Phi) is 2.37. The van der Waals surface area contributed by atoms with Crippen molar-refractivity contribution in [2.75, 3.05) is 6.61 Å². The first-order chi connectivity index (χ1) is 7.22. The lowest BCUT2D eigenvalue weighted by atomic mass is 10.2. The van der Waals surface area contributed by atoms with E-state index < -0.39 is 11.8 Å². The molecule has 1 heterocycles. The Bertz CT molecular complexity index is 507. The van der Waals surface area contributed by atoms with Gasteiger partial charge in [0.1, 0.15) is 11.3 Å². The molecule has 0 amide bonds. The summed E-state index contributed by atoms with van der Waals surface area (Å²) in [5.41, 5.74) is 1.06. The maximum atomic E-state index is 13.1. The van der Waals surface area contributed by atoms with Gasteiger partial charge in [0.05, 0.1) is 24.0 Å². The second-order valence-electron chi connectivity index (χ2n) is 2.97. The molecule has 0 fully saturated rings. The number of fused-ring (bicyclic) bond motifs is 1. The number of halogens is 1. The van der Waals surface area contributed by atoms with Crippen molar-refractivity contribution in [3.05, 3.63) is 29.8 Å². The molecule has 78 valence electrons. The second kappa shape index (κ2) is 3.68. The third-order valence-corrected chi connectivity index (χ3v) is 1.98. The van der Waals surface area contributed by atoms with Gasteiger partial charge < -0.3 is 9.72 Å². The lowest BCUT2D eigenvalue weighted by Gasteiger charge is -2.02. The van der Waals surface area contributed by atoms with Gasteiger partial charge in [0.15, 0.2) is 0 Å². The third-order valence-electron chi connectivity index (χ3n) is 1.98. The number of rotatable bonds is 2. The van der Waals surface area contributed by atoms with Crippen molar-refractivity contribution in [3.63, 3.8) is 0 Å². The standard InChI is InChI=1S/C10H9FN2O2/c1-2-15-10(14)7-3-6(11)4-8-9(7)13-5-12-8/h3-5H,2H2,1H3,(H,12,13). The van der Waals surface area contributed by atoms with Crippen LogP contribution >= 0.6 is 0 Å². The van der Waals surface area contributed by atoms with E-state index in [9.17, 15) is 9.18 Å². The number of ether oxygens (including phenoxy) is 1. The first kappa shape index (κ1) is 9.64. The number of H-pyrrole nitrogens is 1. The van der Waals surface area contributed by atoms with Crippen LogP contribution in [0.2, 0.25) is 0 Å². The zero-order chi connectivity index (χ0) is 10.8. The van der Waals surface area contributed by atoms with Gasteiger partial charge in [-0.2, -0.15) is 0 Å². The number of aromatic nitrogens is 2. The highest BCUT2D eigenvalue weighted by atomic mass is 19.1. The van der Waals surface area contributed by atoms with Crippen molar-refractivity contribution in [2.45, 2.75) is 6.92 Å². The summed E-state index contributed by atoms with van der Waals surface area (Å²) in [6, 6.07) is 2.41. The van der Waals surface area contributed by atoms with Crippen LogP contribution in [0.3, 0.4) is 0 Å². The summed E-state index contributed by atoms with van der Waals surface area (Å²) in [5, 5.41) is 0. The molecule has 1 N–H and O–H groups in total. The van der Waals surface area contributed by atoms with Gasteiger partial charge in [0.25, 0.3) is 0 Å². The van der Waals surface area contributed by atoms with Crippen molar-refractivity contribution >= 4 is 17.0 Å². The van der Waals surface area contributed by atoms with Crippen LogP contribution in [-0.4, -0.2) is 22.5 Å². The minimum atomic E-state index is -0.561. The van der Waals surface area contributed by atoms with E-state index in [1.165, 1.54) is 12.4 Å². The second-order valence-corrected chi connectivity index (χ2v) is 2.97. The van der Waals surface area contributed by atoms with E-state index in [0.29, 0.717) is 11.0 Å². The number of aromatic amines is 1. The molecule has 0 saturated carbocycles. The Labute approximate surface area is 85.1 Å². The number of nitrogens with zero attached hydrogens (tertiary/aromatic N) is 1. The molecule has 4 nitrogen and oxygen atoms in total. The van der Waals surface area contributed by atoms with Gasteiger partial charge in [0, 0.05) is 0 Å². The Hall–Kier alpha value is -1.91. The van der Waals surface area contributed by atoms with Crippen LogP contribution in [0.25, 0.3) is 11.0 Å². The molecule has 0 radical (unpaired) electrons. The van der Waals surface area contributed by atoms with E-state index in [1.54, 1.807) is 6.92 Å². The van der Waals surface area contributed by atoms with Crippen LogP contribution in [0.15, 0.2) is 18.5 Å². The molecule has 2 rings (SSSR count). The SMILES string of the molecule is CCOC(=O)c1cc(F)cc2[nH]cnc12. The van der Waals surface area contributed by atoms with Crippen molar-refractivity contribution in [3.8, 4) is 0 Å². The van der Waals surface area contributed by atoms with Gasteiger partial charge in [-0.15, -0.1) is 0 Å². The number of hydrogen-bond acceptors (Lipinski definition) is 3. The van der Waals surface area contributed by atoms with E-state index >= 15 is 0 Å². The van der Waals surface area contributed by atoms with E-state index in [-0.39, 0.29) is 12.2 Å². The Morgan fingerprint density at radius 1 is 1.60 bits per heavy atom. The monoisotopic (exact) mass is 208 g/mol. The van der Waals surface area contributed by atoms with Crippen LogP contribution in [0, 0.1) is 5.82 Å². The molecule has 0 aliphatic heterocycles. The third kappa shape index (κ3) is 1.68. The molecule has 0 bridgehead atoms. The maximum Gasteiger partial charge on any atom is 0.340 e. The van der Waals surface area contributed by atoms with Crippen LogP contribution in [-0.2, 0) is 4.74 Å². The molecule has 0 aliphatic rings. The minimum Gasteiger partial charge on any atom is -0.462 e. The Morgan fingerprint density at radius 2 is 2.40 bits per heavy atom. The van der Waals surface area contributed by atoms with Gasteiger partial charge >= 0.3 is 5.97 Å². The quantitative estimate of drug-likeness (QED) is 0.766. The Morgan fingerprint density at radius 3 is 3.13 bits per heavy atom. The van der Waals surface area contributed by atoms with Crippen molar-refractivity contribution in [1.29, 1.82) is 0 Å². The average molecular weight is 208 g/mol. The fraction of sp³-hybridized carbons (Fsp3) is 0.200. The summed E-state index contributed by atoms with van der Waals surface area (Å²) in [4.78, 5) is 18.1. The molecular weight excluding hydrogens is 199 g/mol. The molecule has 0 atom stereocenters. The zero-order valence-corrected chi connectivity index (χ0v) is 8.08. The summed E-state index contributed by atoms with van der Waals surface area (Å²) < 4.78 is 17.9. The van der Waals surface area contributed by atoms with Crippen LogP contribution < -0.4 is 0 Å². The molecule has 0 aliphatic carbocycles. The number of imidazole rings is 1. The molecule has 1 aromatic carbocycles. The summed E-state index contributed by atoms with van der Waals surface area (Å²) in [7, 11) is 0. The van der Waals surface area contributed by atoms with E-state index in [0.717, 1.165) is 6.07 Å². The van der Waals surface area contributed by atoms with Crippen LogP contribution in [0.1, 0.15) is 17.3 Å². The predicted octanol–water partition coefficient (Wildman–Crippen LogP) is 1.88. The highest BCUT2D eigenvalue weighted by molar-refractivity contribution is 6.01. The lowest BCUT2D eigenvalue weighted by Crippen LogP contribution is -2.05. The number of benzene rings is 1. The minimum absolute atomic E-state index is 0.146. The van der Waals surface area contributed by atoms with Crippen molar-refractivity contribution in [1.82, 2.24) is 9.97 Å². The van der Waals surface area contributed by atoms with Gasteiger partial charge in [-0.1, -0.05) is 0 Å². The first-order valence-electron chi connectivity index (χ1n) is 4.52. The zero-order valence-electron chi connectivity index (χ0n) is 8.08. The first-order valence-corrected chi connectivity index (χ1v) is 4.52. The average Bonchev–Trinajstić information content (AvgIpc) is 2.64. The molecule has 2 aromatic rings. The summed E-state index contributed by atoms with van der Waals surface area (Å²) in [6.45, 7) is 1.94. The molecule has 1 aromatic heterocycles. The molecule has 0 saturated heterocycles. The highest BCUT2D eigenvalue weighted by Crippen LogP contribution is 2.17. The Balaban J connectivity index is 2.57. The van der Waals surface area contributed by atoms with Gasteiger partial charge in [0.2, 0.25) is 0 Å². The van der Waals surface area contributed by atoms with Crippen molar-refractivity contribution < 1.29 is 13.9 Å². The molecule has 0 unspecified atom stereocenters. The number of nitrogens with one attached hydrogen (secondary N) is 1. The van der Waals surface area contributed by atoms with Gasteiger partial charge in [-0.3, -0.25) is 0 Å². The van der Waals surface area contributed by atoms with Crippen LogP contribution in [0.4, 0.5) is 4.39 Å². The highest BCUT2D eigenvalue weighted by Gasteiger charge is 2.14. The molecule has 5 heteroatoms. The van der Waals surface area contributed by atoms with E-state index in [4.69, 9.17) is 4.74 Å². The molecule has 15 heavy (non-hydrogen) atoms. The summed E-state index contributed by atoms with van der Waals surface area (Å²) in [5.74, 6) is -1.05. The van der Waals surface area contributed by atoms with Crippen LogP contribution in [0.5, 0.6) is 0 Å². The number of carbonyl (C=O) groups excluding carboxylic acids is 1. The topological polar surface area (TPSA) is 55.0 Å². The van der Waals surface area contributed by atoms with E-state index in [2.05, 4.69) is 9.97 Å². The normalized spacial score (nSPS) is 10.5. The van der Waals surface area contributed by atoms with Gasteiger partial charge in [-0.05, 0) is 19.1 Å². The molecular formula is C10H9FN2O2. The van der Waals surface area contributed by atoms with E-state index in [1.807, 2.05) is 0 Å². The number of carbonyl (C=O) groups is 1. The lowest BCUT2D eigenvalue weighted by molar-refractivity contribution is 0.0528. The number of esters is 1. The fourth-order valence-electron chi connectivity index (χ4n) is 1.38. The van der Waals surface area contributed by atoms with Crippen molar-refractivity contribution in [2.24, 2.45) is 0 Å². The summed E-state index contributed by atoms with van der Waals surface area (Å²) >= 11 is 0.